The van der Waals surface area contributed by atoms with Crippen LogP contribution in [0.4, 0.5) is 0 Å². The summed E-state index contributed by atoms with van der Waals surface area (Å²) in [6.45, 7) is 1.96. The van der Waals surface area contributed by atoms with Crippen LogP contribution in [-0.2, 0) is 10.2 Å². The molecule has 1 N–H and O–H groups in total. The molecule has 1 aromatic heterocycles. The summed E-state index contributed by atoms with van der Waals surface area (Å²) < 4.78 is 4.79. The maximum atomic E-state index is 11.7. The molecule has 90 valence electrons. The number of methoxy groups -OCH3 is 1. The van der Waals surface area contributed by atoms with Gasteiger partial charge >= 0.3 is 5.97 Å². The van der Waals surface area contributed by atoms with E-state index in [2.05, 4.69) is 15.3 Å². The Hall–Kier alpha value is -1.49. The number of piperidine rings is 1. The Kier molecular flexibility index (Phi) is 2.36. The highest BCUT2D eigenvalue weighted by atomic mass is 16.5. The van der Waals surface area contributed by atoms with E-state index in [4.69, 9.17) is 4.74 Å². The maximum Gasteiger partial charge on any atom is 0.341 e. The Bertz CT molecular complexity index is 463. The first-order chi connectivity index (χ1) is 8.28. The second-order valence-corrected chi connectivity index (χ2v) is 4.80. The van der Waals surface area contributed by atoms with Crippen LogP contribution in [0.1, 0.15) is 28.9 Å². The van der Waals surface area contributed by atoms with E-state index < -0.39 is 0 Å². The summed E-state index contributed by atoms with van der Waals surface area (Å²) in [5.41, 5.74) is 1.42. The zero-order valence-electron chi connectivity index (χ0n) is 9.77. The van der Waals surface area contributed by atoms with Gasteiger partial charge in [0, 0.05) is 18.2 Å². The van der Waals surface area contributed by atoms with Crippen LogP contribution < -0.4 is 5.32 Å². The Labute approximate surface area is 99.6 Å². The molecule has 2 heterocycles. The van der Waals surface area contributed by atoms with E-state index in [0.717, 1.165) is 31.6 Å². The van der Waals surface area contributed by atoms with Crippen LogP contribution in [0.25, 0.3) is 0 Å². The van der Waals surface area contributed by atoms with E-state index in [1.165, 1.54) is 13.4 Å². The smallest absolute Gasteiger partial charge is 0.341 e. The number of carbonyl (C=O) groups excluding carboxylic acids is 1. The Morgan fingerprint density at radius 3 is 3.29 bits per heavy atom. The predicted molar refractivity (Wildman–Crippen MR) is 60.6 cm³/mol. The first kappa shape index (κ1) is 10.7. The number of esters is 1. The van der Waals surface area contributed by atoms with E-state index in [1.54, 1.807) is 6.20 Å². The van der Waals surface area contributed by atoms with E-state index in [0.29, 0.717) is 11.5 Å². The summed E-state index contributed by atoms with van der Waals surface area (Å²) in [6.07, 6.45) is 5.35. The average molecular weight is 233 g/mol. The molecule has 1 saturated heterocycles. The quantitative estimate of drug-likeness (QED) is 0.754. The molecule has 0 bridgehead atoms. The van der Waals surface area contributed by atoms with Gasteiger partial charge in [0.2, 0.25) is 0 Å². The van der Waals surface area contributed by atoms with E-state index in [1.807, 2.05) is 0 Å². The Morgan fingerprint density at radius 1 is 1.65 bits per heavy atom. The number of carbonyl (C=O) groups is 1. The second-order valence-electron chi connectivity index (χ2n) is 4.80. The van der Waals surface area contributed by atoms with Gasteiger partial charge in [0.15, 0.2) is 0 Å². The summed E-state index contributed by atoms with van der Waals surface area (Å²) in [7, 11) is 1.39. The third kappa shape index (κ3) is 1.53. The Balaban J connectivity index is 2.01. The highest BCUT2D eigenvalue weighted by molar-refractivity contribution is 5.90. The molecule has 17 heavy (non-hydrogen) atoms. The van der Waals surface area contributed by atoms with Crippen molar-refractivity contribution in [2.75, 3.05) is 20.2 Å². The molecule has 1 aliphatic heterocycles. The molecule has 1 aromatic rings. The minimum atomic E-state index is -0.341. The normalized spacial score (nSPS) is 30.5. The topological polar surface area (TPSA) is 64.1 Å². The SMILES string of the molecule is COC(=O)c1cncnc1C12CNCCC1C2. The molecule has 3 rings (SSSR count). The molecule has 1 aliphatic carbocycles. The van der Waals surface area contributed by atoms with Gasteiger partial charge in [-0.25, -0.2) is 14.8 Å². The molecule has 5 nitrogen and oxygen atoms in total. The van der Waals surface area contributed by atoms with E-state index >= 15 is 0 Å². The number of ether oxygens (including phenoxy) is 1. The van der Waals surface area contributed by atoms with Crippen molar-refractivity contribution < 1.29 is 9.53 Å². The van der Waals surface area contributed by atoms with Crippen molar-refractivity contribution in [3.63, 3.8) is 0 Å². The maximum absolute atomic E-state index is 11.7. The van der Waals surface area contributed by atoms with Crippen LogP contribution in [-0.4, -0.2) is 36.1 Å². The van der Waals surface area contributed by atoms with Gasteiger partial charge in [-0.1, -0.05) is 0 Å². The standard InChI is InChI=1S/C12H15N3O2/c1-17-11(16)9-5-14-7-15-10(9)12-4-8(12)2-3-13-6-12/h5,7-8,13H,2-4,6H2,1H3. The fraction of sp³-hybridized carbons (Fsp3) is 0.583. The fourth-order valence-corrected chi connectivity index (χ4v) is 2.92. The van der Waals surface area contributed by atoms with Crippen LogP contribution in [0, 0.1) is 5.92 Å². The molecule has 1 saturated carbocycles. The minimum Gasteiger partial charge on any atom is -0.465 e. The van der Waals surface area contributed by atoms with Crippen molar-refractivity contribution in [2.24, 2.45) is 5.92 Å². The molecule has 0 aromatic carbocycles. The minimum absolute atomic E-state index is 0.0463. The van der Waals surface area contributed by atoms with Crippen molar-refractivity contribution in [1.29, 1.82) is 0 Å². The van der Waals surface area contributed by atoms with Crippen LogP contribution in [0.15, 0.2) is 12.5 Å². The van der Waals surface area contributed by atoms with Crippen LogP contribution in [0.5, 0.6) is 0 Å². The van der Waals surface area contributed by atoms with Gasteiger partial charge in [-0.15, -0.1) is 0 Å². The lowest BCUT2D eigenvalue weighted by molar-refractivity contribution is 0.0597. The molecular formula is C12H15N3O2. The van der Waals surface area contributed by atoms with Crippen LogP contribution in [0.3, 0.4) is 0 Å². The number of nitrogens with zero attached hydrogens (tertiary/aromatic N) is 2. The largest absolute Gasteiger partial charge is 0.465 e. The van der Waals surface area contributed by atoms with Crippen LogP contribution in [0.2, 0.25) is 0 Å². The average Bonchev–Trinajstić information content (AvgIpc) is 3.13. The van der Waals surface area contributed by atoms with E-state index in [9.17, 15) is 4.79 Å². The van der Waals surface area contributed by atoms with Gasteiger partial charge in [-0.3, -0.25) is 0 Å². The molecule has 2 unspecified atom stereocenters. The van der Waals surface area contributed by atoms with E-state index in [-0.39, 0.29) is 11.4 Å². The second kappa shape index (κ2) is 3.77. The molecular weight excluding hydrogens is 218 g/mol. The van der Waals surface area contributed by atoms with Gasteiger partial charge in [-0.2, -0.15) is 0 Å². The van der Waals surface area contributed by atoms with Gasteiger partial charge in [0.05, 0.1) is 12.8 Å². The number of nitrogens with one attached hydrogen (secondary N) is 1. The molecule has 2 atom stereocenters. The van der Waals surface area contributed by atoms with Gasteiger partial charge < -0.3 is 10.1 Å². The molecule has 0 amide bonds. The molecule has 0 spiro atoms. The zero-order valence-corrected chi connectivity index (χ0v) is 9.77. The van der Waals surface area contributed by atoms with Crippen molar-refractivity contribution in [3.05, 3.63) is 23.8 Å². The van der Waals surface area contributed by atoms with Gasteiger partial charge in [-0.05, 0) is 25.3 Å². The highest BCUT2D eigenvalue weighted by Gasteiger charge is 2.58. The molecule has 5 heteroatoms. The van der Waals surface area contributed by atoms with Crippen molar-refractivity contribution in [2.45, 2.75) is 18.3 Å². The van der Waals surface area contributed by atoms with Crippen molar-refractivity contribution in [1.82, 2.24) is 15.3 Å². The summed E-state index contributed by atoms with van der Waals surface area (Å²) in [5, 5.41) is 3.39. The molecule has 0 radical (unpaired) electrons. The first-order valence-electron chi connectivity index (χ1n) is 5.87. The number of fused-ring (bicyclic) bond motifs is 1. The first-order valence-corrected chi connectivity index (χ1v) is 5.87. The molecule has 2 aliphatic rings. The number of rotatable bonds is 2. The third-order valence-electron chi connectivity index (χ3n) is 3.93. The van der Waals surface area contributed by atoms with Crippen molar-refractivity contribution >= 4 is 5.97 Å². The summed E-state index contributed by atoms with van der Waals surface area (Å²) >= 11 is 0. The predicted octanol–water partition coefficient (Wildman–Crippen LogP) is 0.514. The monoisotopic (exact) mass is 233 g/mol. The lowest BCUT2D eigenvalue weighted by Gasteiger charge is -2.23. The zero-order chi connectivity index (χ0) is 11.9. The highest BCUT2D eigenvalue weighted by Crippen LogP contribution is 2.57. The van der Waals surface area contributed by atoms with Gasteiger partial charge in [0.1, 0.15) is 11.9 Å². The summed E-state index contributed by atoms with van der Waals surface area (Å²) in [4.78, 5) is 20.0. The van der Waals surface area contributed by atoms with Crippen molar-refractivity contribution in [3.8, 4) is 0 Å². The number of hydrogen-bond donors (Lipinski definition) is 1. The Morgan fingerprint density at radius 2 is 2.53 bits per heavy atom. The number of aromatic nitrogens is 2. The van der Waals surface area contributed by atoms with Crippen LogP contribution >= 0.6 is 0 Å². The third-order valence-corrected chi connectivity index (χ3v) is 3.93. The lowest BCUT2D eigenvalue weighted by atomic mass is 9.91. The number of hydrogen-bond acceptors (Lipinski definition) is 5. The summed E-state index contributed by atoms with van der Waals surface area (Å²) in [5.74, 6) is 0.313. The summed E-state index contributed by atoms with van der Waals surface area (Å²) in [6, 6.07) is 0. The fourth-order valence-electron chi connectivity index (χ4n) is 2.92. The lowest BCUT2D eigenvalue weighted by Crippen LogP contribution is -2.36. The van der Waals surface area contributed by atoms with Gasteiger partial charge in [0.25, 0.3) is 0 Å². The molecule has 2 fully saturated rings.